The number of benzene rings is 2. The van der Waals surface area contributed by atoms with Gasteiger partial charge in [0.25, 0.3) is 0 Å². The third-order valence-electron chi connectivity index (χ3n) is 3.41. The fourth-order valence-corrected chi connectivity index (χ4v) is 2.33. The number of aliphatic carboxylic acids is 1. The molecule has 5 heteroatoms. The van der Waals surface area contributed by atoms with Gasteiger partial charge in [0, 0.05) is 19.5 Å². The highest BCUT2D eigenvalue weighted by Crippen LogP contribution is 2.18. The van der Waals surface area contributed by atoms with Crippen LogP contribution in [0.4, 0.5) is 4.79 Å². The SMILES string of the molecule is O=C(O)CCCNC(=O)NCCc1cccc2ccccc12. The molecule has 0 aliphatic heterocycles. The van der Waals surface area contributed by atoms with E-state index in [1.54, 1.807) is 0 Å². The fraction of sp³-hybridized carbons (Fsp3) is 0.294. The summed E-state index contributed by atoms with van der Waals surface area (Å²) in [6.07, 6.45) is 1.26. The van der Waals surface area contributed by atoms with Crippen molar-refractivity contribution in [1.82, 2.24) is 10.6 Å². The van der Waals surface area contributed by atoms with E-state index in [0.29, 0.717) is 19.5 Å². The lowest BCUT2D eigenvalue weighted by Crippen LogP contribution is -2.37. The monoisotopic (exact) mass is 300 g/mol. The third-order valence-corrected chi connectivity index (χ3v) is 3.41. The van der Waals surface area contributed by atoms with Gasteiger partial charge in [0.15, 0.2) is 0 Å². The Bertz CT molecular complexity index is 650. The largest absolute Gasteiger partial charge is 0.481 e. The number of hydrogen-bond acceptors (Lipinski definition) is 2. The predicted molar refractivity (Wildman–Crippen MR) is 85.9 cm³/mol. The minimum Gasteiger partial charge on any atom is -0.481 e. The first-order chi connectivity index (χ1) is 10.7. The predicted octanol–water partition coefficient (Wildman–Crippen LogP) is 2.55. The van der Waals surface area contributed by atoms with Crippen molar-refractivity contribution in [2.24, 2.45) is 0 Å². The van der Waals surface area contributed by atoms with Crippen molar-refractivity contribution in [3.05, 3.63) is 48.0 Å². The number of urea groups is 1. The van der Waals surface area contributed by atoms with Crippen molar-refractivity contribution in [2.45, 2.75) is 19.3 Å². The van der Waals surface area contributed by atoms with Crippen LogP contribution in [0.2, 0.25) is 0 Å². The number of nitrogens with one attached hydrogen (secondary N) is 2. The number of fused-ring (bicyclic) bond motifs is 1. The van der Waals surface area contributed by atoms with E-state index in [0.717, 1.165) is 6.42 Å². The molecule has 2 aromatic rings. The first-order valence-electron chi connectivity index (χ1n) is 7.37. The van der Waals surface area contributed by atoms with Gasteiger partial charge in [0.1, 0.15) is 0 Å². The molecule has 2 aromatic carbocycles. The number of carbonyl (C=O) groups excluding carboxylic acids is 1. The summed E-state index contributed by atoms with van der Waals surface area (Å²) >= 11 is 0. The Balaban J connectivity index is 1.76. The van der Waals surface area contributed by atoms with Crippen LogP contribution in [0.5, 0.6) is 0 Å². The van der Waals surface area contributed by atoms with Gasteiger partial charge in [0.05, 0.1) is 0 Å². The van der Waals surface area contributed by atoms with E-state index in [2.05, 4.69) is 34.9 Å². The van der Waals surface area contributed by atoms with Crippen molar-refractivity contribution in [1.29, 1.82) is 0 Å². The maximum absolute atomic E-state index is 11.6. The van der Waals surface area contributed by atoms with E-state index in [-0.39, 0.29) is 12.5 Å². The van der Waals surface area contributed by atoms with Gasteiger partial charge in [-0.1, -0.05) is 42.5 Å². The Labute approximate surface area is 129 Å². The van der Waals surface area contributed by atoms with Crippen LogP contribution >= 0.6 is 0 Å². The first-order valence-corrected chi connectivity index (χ1v) is 7.37. The molecule has 2 amide bonds. The van der Waals surface area contributed by atoms with Crippen LogP contribution in [0.1, 0.15) is 18.4 Å². The van der Waals surface area contributed by atoms with Gasteiger partial charge in [-0.05, 0) is 29.2 Å². The minimum atomic E-state index is -0.849. The van der Waals surface area contributed by atoms with Gasteiger partial charge in [-0.3, -0.25) is 4.79 Å². The molecule has 0 aliphatic carbocycles. The van der Waals surface area contributed by atoms with Crippen LogP contribution in [-0.4, -0.2) is 30.2 Å². The summed E-state index contributed by atoms with van der Waals surface area (Å²) in [5.41, 5.74) is 1.20. The highest BCUT2D eigenvalue weighted by molar-refractivity contribution is 5.85. The molecule has 0 saturated heterocycles. The molecule has 0 heterocycles. The Hall–Kier alpha value is -2.56. The van der Waals surface area contributed by atoms with Crippen molar-refractivity contribution < 1.29 is 14.7 Å². The molecule has 0 fully saturated rings. The van der Waals surface area contributed by atoms with Gasteiger partial charge < -0.3 is 15.7 Å². The van der Waals surface area contributed by atoms with Gasteiger partial charge in [0.2, 0.25) is 0 Å². The van der Waals surface area contributed by atoms with E-state index in [4.69, 9.17) is 5.11 Å². The van der Waals surface area contributed by atoms with Crippen LogP contribution in [0.25, 0.3) is 10.8 Å². The fourth-order valence-electron chi connectivity index (χ4n) is 2.33. The summed E-state index contributed by atoms with van der Waals surface area (Å²) in [7, 11) is 0. The van der Waals surface area contributed by atoms with Crippen molar-refractivity contribution in [2.75, 3.05) is 13.1 Å². The molecule has 0 spiro atoms. The molecule has 116 valence electrons. The molecular formula is C17H20N2O3. The smallest absolute Gasteiger partial charge is 0.314 e. The van der Waals surface area contributed by atoms with Crippen LogP contribution in [-0.2, 0) is 11.2 Å². The molecule has 0 atom stereocenters. The van der Waals surface area contributed by atoms with Crippen molar-refractivity contribution >= 4 is 22.8 Å². The third kappa shape index (κ3) is 4.77. The highest BCUT2D eigenvalue weighted by Gasteiger charge is 2.03. The van der Waals surface area contributed by atoms with E-state index < -0.39 is 5.97 Å². The second kappa shape index (κ2) is 8.02. The number of rotatable bonds is 7. The first kappa shape index (κ1) is 15.8. The number of hydrogen-bond donors (Lipinski definition) is 3. The summed E-state index contributed by atoms with van der Waals surface area (Å²) < 4.78 is 0. The summed E-state index contributed by atoms with van der Waals surface area (Å²) in [5, 5.41) is 16.3. The van der Waals surface area contributed by atoms with E-state index in [1.165, 1.54) is 16.3 Å². The van der Waals surface area contributed by atoms with Crippen molar-refractivity contribution in [3.8, 4) is 0 Å². The zero-order chi connectivity index (χ0) is 15.8. The summed E-state index contributed by atoms with van der Waals surface area (Å²) in [5.74, 6) is -0.849. The van der Waals surface area contributed by atoms with Crippen LogP contribution in [0.15, 0.2) is 42.5 Å². The topological polar surface area (TPSA) is 78.4 Å². The highest BCUT2D eigenvalue weighted by atomic mass is 16.4. The molecule has 0 unspecified atom stereocenters. The second-order valence-corrected chi connectivity index (χ2v) is 5.07. The lowest BCUT2D eigenvalue weighted by atomic mass is 10.0. The Morgan fingerprint density at radius 3 is 2.50 bits per heavy atom. The molecule has 0 aliphatic rings. The molecule has 3 N–H and O–H groups in total. The normalized spacial score (nSPS) is 10.4. The number of carbonyl (C=O) groups is 2. The standard InChI is InChI=1S/C17H20N2O3/c20-16(21)9-4-11-18-17(22)19-12-10-14-7-3-6-13-5-1-2-8-15(13)14/h1-3,5-8H,4,9-12H2,(H,20,21)(H2,18,19,22). The maximum atomic E-state index is 11.6. The molecule has 0 bridgehead atoms. The summed E-state index contributed by atoms with van der Waals surface area (Å²) in [6.45, 7) is 0.908. The summed E-state index contributed by atoms with van der Waals surface area (Å²) in [4.78, 5) is 21.9. The molecule has 22 heavy (non-hydrogen) atoms. The Morgan fingerprint density at radius 2 is 1.68 bits per heavy atom. The Kier molecular flexibility index (Phi) is 5.77. The Morgan fingerprint density at radius 1 is 0.955 bits per heavy atom. The number of carboxylic acid groups (broad SMARTS) is 1. The van der Waals surface area contributed by atoms with Gasteiger partial charge in [-0.25, -0.2) is 4.79 Å². The van der Waals surface area contributed by atoms with Gasteiger partial charge in [-0.15, -0.1) is 0 Å². The van der Waals surface area contributed by atoms with Crippen LogP contribution < -0.4 is 10.6 Å². The van der Waals surface area contributed by atoms with E-state index >= 15 is 0 Å². The van der Waals surface area contributed by atoms with Crippen molar-refractivity contribution in [3.63, 3.8) is 0 Å². The van der Waals surface area contributed by atoms with Gasteiger partial charge in [-0.2, -0.15) is 0 Å². The molecule has 2 rings (SSSR count). The minimum absolute atomic E-state index is 0.0658. The lowest BCUT2D eigenvalue weighted by molar-refractivity contribution is -0.137. The van der Waals surface area contributed by atoms with Gasteiger partial charge >= 0.3 is 12.0 Å². The molecule has 0 radical (unpaired) electrons. The van der Waals surface area contributed by atoms with E-state index in [1.807, 2.05) is 18.2 Å². The quantitative estimate of drug-likeness (QED) is 0.688. The molecule has 0 saturated carbocycles. The second-order valence-electron chi connectivity index (χ2n) is 5.07. The molecular weight excluding hydrogens is 280 g/mol. The summed E-state index contributed by atoms with van der Waals surface area (Å²) in [6, 6.07) is 14.1. The molecule has 5 nitrogen and oxygen atoms in total. The van der Waals surface area contributed by atoms with Crippen LogP contribution in [0, 0.1) is 0 Å². The zero-order valence-electron chi connectivity index (χ0n) is 12.3. The molecule has 0 aromatic heterocycles. The number of amides is 2. The average Bonchev–Trinajstić information content (AvgIpc) is 2.52. The average molecular weight is 300 g/mol. The maximum Gasteiger partial charge on any atom is 0.314 e. The number of carboxylic acids is 1. The van der Waals surface area contributed by atoms with Crippen LogP contribution in [0.3, 0.4) is 0 Å². The van der Waals surface area contributed by atoms with E-state index in [9.17, 15) is 9.59 Å². The zero-order valence-corrected chi connectivity index (χ0v) is 12.3. The lowest BCUT2D eigenvalue weighted by Gasteiger charge is -2.09.